The molecular weight excluding hydrogens is 300 g/mol. The average molecular weight is 318 g/mol. The van der Waals surface area contributed by atoms with E-state index in [4.69, 9.17) is 11.6 Å². The molecule has 17 heavy (non-hydrogen) atoms. The molecule has 2 unspecified atom stereocenters. The zero-order chi connectivity index (χ0) is 12.4. The summed E-state index contributed by atoms with van der Waals surface area (Å²) in [5.74, 6) is 1.05. The number of alkyl halides is 1. The Bertz CT molecular complexity index is 397. The fraction of sp³-hybridized carbons (Fsp3) is 0.615. The van der Waals surface area contributed by atoms with Crippen molar-refractivity contribution < 1.29 is 0 Å². The molecule has 1 saturated carbocycles. The van der Waals surface area contributed by atoms with Crippen LogP contribution < -0.4 is 4.90 Å². The Hall–Kier alpha value is -0.280. The number of pyridine rings is 1. The summed E-state index contributed by atoms with van der Waals surface area (Å²) in [4.78, 5) is 6.76. The first-order chi connectivity index (χ1) is 8.09. The molecule has 2 rings (SSSR count). The molecule has 1 heterocycles. The van der Waals surface area contributed by atoms with Crippen LogP contribution in [0.2, 0.25) is 0 Å². The predicted octanol–water partition coefficient (Wildman–Crippen LogP) is 4.14. The molecule has 0 bridgehead atoms. The molecule has 0 aliphatic heterocycles. The van der Waals surface area contributed by atoms with Gasteiger partial charge in [0, 0.05) is 23.8 Å². The van der Waals surface area contributed by atoms with Crippen LogP contribution in [0.5, 0.6) is 0 Å². The van der Waals surface area contributed by atoms with E-state index in [9.17, 15) is 0 Å². The summed E-state index contributed by atoms with van der Waals surface area (Å²) < 4.78 is 1.03. The summed E-state index contributed by atoms with van der Waals surface area (Å²) in [5, 5.41) is 0.249. The Labute approximate surface area is 116 Å². The minimum Gasteiger partial charge on any atom is -0.355 e. The lowest BCUT2D eigenvalue weighted by atomic mass is 9.93. The lowest BCUT2D eigenvalue weighted by Crippen LogP contribution is -2.41. The molecule has 1 aromatic rings. The first-order valence-corrected chi connectivity index (χ1v) is 7.31. The van der Waals surface area contributed by atoms with Crippen molar-refractivity contribution in [2.45, 2.75) is 44.0 Å². The summed E-state index contributed by atoms with van der Waals surface area (Å²) in [5.41, 5.74) is 1.19. The van der Waals surface area contributed by atoms with Crippen LogP contribution in [0, 0.1) is 6.92 Å². The Kier molecular flexibility index (Phi) is 4.31. The highest BCUT2D eigenvalue weighted by atomic mass is 79.9. The fourth-order valence-corrected chi connectivity index (χ4v) is 3.46. The molecule has 94 valence electrons. The minimum atomic E-state index is 0.249. The third-order valence-corrected chi connectivity index (χ3v) is 4.44. The lowest BCUT2D eigenvalue weighted by Gasteiger charge is -2.36. The van der Waals surface area contributed by atoms with Gasteiger partial charge in [0.2, 0.25) is 0 Å². The minimum absolute atomic E-state index is 0.249. The number of anilines is 1. The second-order valence-corrected chi connectivity index (χ2v) is 6.25. The van der Waals surface area contributed by atoms with Gasteiger partial charge in [0.25, 0.3) is 0 Å². The van der Waals surface area contributed by atoms with Crippen molar-refractivity contribution in [2.24, 2.45) is 0 Å². The number of nitrogens with zero attached hydrogens (tertiary/aromatic N) is 2. The van der Waals surface area contributed by atoms with Gasteiger partial charge in [-0.3, -0.25) is 0 Å². The van der Waals surface area contributed by atoms with Crippen LogP contribution in [0.15, 0.2) is 16.7 Å². The van der Waals surface area contributed by atoms with Crippen molar-refractivity contribution in [3.63, 3.8) is 0 Å². The number of hydrogen-bond acceptors (Lipinski definition) is 2. The first kappa shape index (κ1) is 13.2. The van der Waals surface area contributed by atoms with Crippen LogP contribution in [0.4, 0.5) is 5.82 Å². The van der Waals surface area contributed by atoms with E-state index >= 15 is 0 Å². The highest BCUT2D eigenvalue weighted by Gasteiger charge is 2.28. The van der Waals surface area contributed by atoms with Gasteiger partial charge < -0.3 is 4.90 Å². The fourth-order valence-electron chi connectivity index (χ4n) is 2.56. The van der Waals surface area contributed by atoms with Gasteiger partial charge in [0.1, 0.15) is 5.82 Å². The van der Waals surface area contributed by atoms with Gasteiger partial charge in [-0.2, -0.15) is 0 Å². The van der Waals surface area contributed by atoms with Crippen LogP contribution in [0.25, 0.3) is 0 Å². The second kappa shape index (κ2) is 5.57. The summed E-state index contributed by atoms with van der Waals surface area (Å²) in [7, 11) is 2.11. The summed E-state index contributed by atoms with van der Waals surface area (Å²) in [6.45, 7) is 2.09. The molecule has 1 fully saturated rings. The molecular formula is C13H18BrClN2. The monoisotopic (exact) mass is 316 g/mol. The van der Waals surface area contributed by atoms with Gasteiger partial charge >= 0.3 is 0 Å². The van der Waals surface area contributed by atoms with E-state index in [1.165, 1.54) is 24.8 Å². The third kappa shape index (κ3) is 2.94. The van der Waals surface area contributed by atoms with Crippen LogP contribution in [-0.4, -0.2) is 23.5 Å². The van der Waals surface area contributed by atoms with Crippen molar-refractivity contribution in [2.75, 3.05) is 11.9 Å². The highest BCUT2D eigenvalue weighted by molar-refractivity contribution is 9.10. The van der Waals surface area contributed by atoms with Crippen molar-refractivity contribution in [1.82, 2.24) is 4.98 Å². The van der Waals surface area contributed by atoms with Crippen LogP contribution in [0.1, 0.15) is 31.2 Å². The van der Waals surface area contributed by atoms with Gasteiger partial charge in [-0.25, -0.2) is 4.98 Å². The predicted molar refractivity (Wildman–Crippen MR) is 77.0 cm³/mol. The molecule has 0 aromatic carbocycles. The molecule has 1 aliphatic carbocycles. The Morgan fingerprint density at radius 2 is 2.12 bits per heavy atom. The quantitative estimate of drug-likeness (QED) is 0.762. The van der Waals surface area contributed by atoms with E-state index in [2.05, 4.69) is 45.9 Å². The largest absolute Gasteiger partial charge is 0.355 e. The average Bonchev–Trinajstić information content (AvgIpc) is 2.29. The molecule has 2 atom stereocenters. The summed E-state index contributed by atoms with van der Waals surface area (Å²) in [6.07, 6.45) is 6.66. The van der Waals surface area contributed by atoms with Gasteiger partial charge in [-0.15, -0.1) is 11.6 Å². The maximum absolute atomic E-state index is 6.43. The Balaban J connectivity index is 2.20. The molecule has 1 aromatic heterocycles. The molecule has 0 amide bonds. The van der Waals surface area contributed by atoms with Gasteiger partial charge in [0.15, 0.2) is 0 Å². The molecule has 0 N–H and O–H groups in total. The molecule has 0 spiro atoms. The van der Waals surface area contributed by atoms with E-state index in [0.717, 1.165) is 16.7 Å². The highest BCUT2D eigenvalue weighted by Crippen LogP contribution is 2.30. The lowest BCUT2D eigenvalue weighted by molar-refractivity contribution is 0.432. The second-order valence-electron chi connectivity index (χ2n) is 4.77. The van der Waals surface area contributed by atoms with E-state index in [1.807, 2.05) is 6.20 Å². The number of aryl methyl sites for hydroxylation is 1. The smallest absolute Gasteiger partial charge is 0.131 e. The standard InChI is InChI=1S/C13H18BrClN2/c1-9-7-10(14)8-16-13(9)17(2)12-6-4-3-5-11(12)15/h7-8,11-12H,3-6H2,1-2H3. The Morgan fingerprint density at radius 3 is 2.76 bits per heavy atom. The van der Waals surface area contributed by atoms with Gasteiger partial charge in [-0.05, 0) is 47.3 Å². The zero-order valence-corrected chi connectivity index (χ0v) is 12.6. The van der Waals surface area contributed by atoms with Gasteiger partial charge in [0.05, 0.1) is 5.38 Å². The Morgan fingerprint density at radius 1 is 1.41 bits per heavy atom. The number of rotatable bonds is 2. The maximum atomic E-state index is 6.43. The summed E-state index contributed by atoms with van der Waals surface area (Å²) in [6, 6.07) is 2.52. The third-order valence-electron chi connectivity index (χ3n) is 3.50. The molecule has 1 aliphatic rings. The molecule has 0 radical (unpaired) electrons. The van der Waals surface area contributed by atoms with Crippen molar-refractivity contribution in [3.05, 3.63) is 22.3 Å². The maximum Gasteiger partial charge on any atom is 0.131 e. The number of aromatic nitrogens is 1. The van der Waals surface area contributed by atoms with Crippen molar-refractivity contribution >= 4 is 33.3 Å². The van der Waals surface area contributed by atoms with E-state index in [1.54, 1.807) is 0 Å². The van der Waals surface area contributed by atoms with E-state index in [0.29, 0.717) is 6.04 Å². The van der Waals surface area contributed by atoms with Crippen molar-refractivity contribution in [1.29, 1.82) is 0 Å². The van der Waals surface area contributed by atoms with Crippen molar-refractivity contribution in [3.8, 4) is 0 Å². The molecule has 0 saturated heterocycles. The topological polar surface area (TPSA) is 16.1 Å². The van der Waals surface area contributed by atoms with Crippen LogP contribution in [-0.2, 0) is 0 Å². The summed E-state index contributed by atoms with van der Waals surface area (Å²) >= 11 is 9.88. The van der Waals surface area contributed by atoms with Crippen LogP contribution >= 0.6 is 27.5 Å². The zero-order valence-electron chi connectivity index (χ0n) is 10.3. The molecule has 4 heteroatoms. The normalized spacial score (nSPS) is 24.7. The van der Waals surface area contributed by atoms with Crippen LogP contribution in [0.3, 0.4) is 0 Å². The van der Waals surface area contributed by atoms with Gasteiger partial charge in [-0.1, -0.05) is 12.8 Å². The number of hydrogen-bond donors (Lipinski definition) is 0. The first-order valence-electron chi connectivity index (χ1n) is 6.08. The molecule has 2 nitrogen and oxygen atoms in total. The number of halogens is 2. The SMILES string of the molecule is Cc1cc(Br)cnc1N(C)C1CCCCC1Cl. The van der Waals surface area contributed by atoms with E-state index < -0.39 is 0 Å². The van der Waals surface area contributed by atoms with E-state index in [-0.39, 0.29) is 5.38 Å².